The summed E-state index contributed by atoms with van der Waals surface area (Å²) in [6.45, 7) is 9.57. The van der Waals surface area contributed by atoms with Gasteiger partial charge in [0.2, 0.25) is 5.91 Å². The van der Waals surface area contributed by atoms with E-state index in [9.17, 15) is 9.59 Å². The van der Waals surface area contributed by atoms with E-state index in [1.165, 1.54) is 12.5 Å². The highest BCUT2D eigenvalue weighted by Crippen LogP contribution is 2.25. The van der Waals surface area contributed by atoms with Crippen LogP contribution >= 0.6 is 0 Å². The lowest BCUT2D eigenvalue weighted by molar-refractivity contribution is -0.122. The Kier molecular flexibility index (Phi) is 5.93. The molecule has 0 fully saturated rings. The molecule has 1 atom stereocenters. The zero-order chi connectivity index (χ0) is 16.0. The molecular formula is C15H25N3O3. The number of nitrogens with one attached hydrogen (secondary N) is 1. The summed E-state index contributed by atoms with van der Waals surface area (Å²) in [6, 6.07) is 0. The second-order valence-electron chi connectivity index (χ2n) is 6.73. The van der Waals surface area contributed by atoms with Gasteiger partial charge in [-0.25, -0.2) is 9.78 Å². The van der Waals surface area contributed by atoms with Crippen LogP contribution in [-0.4, -0.2) is 33.1 Å². The molecule has 1 heterocycles. The summed E-state index contributed by atoms with van der Waals surface area (Å²) < 4.78 is 1.66. The molecule has 1 aromatic heterocycles. The van der Waals surface area contributed by atoms with E-state index in [-0.39, 0.29) is 17.0 Å². The van der Waals surface area contributed by atoms with Crippen LogP contribution in [0.3, 0.4) is 0 Å². The second-order valence-corrected chi connectivity index (χ2v) is 6.73. The van der Waals surface area contributed by atoms with E-state index in [1.54, 1.807) is 4.57 Å². The smallest absolute Gasteiger partial charge is 0.356 e. The standard InChI is InChI=1S/C15H25N3O3/c1-11(8-15(2,3)4)7-13(19)16-5-6-18-9-12(14(20)21)17-10-18/h9-11H,5-8H2,1-4H3,(H,16,19)(H,20,21). The van der Waals surface area contributed by atoms with E-state index in [2.05, 4.69) is 38.0 Å². The quantitative estimate of drug-likeness (QED) is 0.807. The van der Waals surface area contributed by atoms with Crippen LogP contribution < -0.4 is 5.32 Å². The molecule has 0 aliphatic carbocycles. The Bertz CT molecular complexity index is 489. The molecule has 1 unspecified atom stereocenters. The Hall–Kier alpha value is -1.85. The molecule has 0 aromatic carbocycles. The van der Waals surface area contributed by atoms with Gasteiger partial charge in [-0.15, -0.1) is 0 Å². The third-order valence-electron chi connectivity index (χ3n) is 3.04. The number of rotatable bonds is 7. The summed E-state index contributed by atoms with van der Waals surface area (Å²) in [5, 5.41) is 11.6. The lowest BCUT2D eigenvalue weighted by atomic mass is 9.84. The first-order valence-corrected chi connectivity index (χ1v) is 7.19. The Morgan fingerprint density at radius 1 is 1.43 bits per heavy atom. The minimum Gasteiger partial charge on any atom is -0.476 e. The van der Waals surface area contributed by atoms with Gasteiger partial charge in [-0.3, -0.25) is 4.79 Å². The maximum atomic E-state index is 11.8. The number of aromatic nitrogens is 2. The Morgan fingerprint density at radius 3 is 2.62 bits per heavy atom. The number of nitrogens with zero attached hydrogens (tertiary/aromatic N) is 2. The predicted octanol–water partition coefficient (Wildman–Crippen LogP) is 2.16. The summed E-state index contributed by atoms with van der Waals surface area (Å²) >= 11 is 0. The highest BCUT2D eigenvalue weighted by Gasteiger charge is 2.17. The van der Waals surface area contributed by atoms with Gasteiger partial charge in [-0.2, -0.15) is 0 Å². The monoisotopic (exact) mass is 295 g/mol. The summed E-state index contributed by atoms with van der Waals surface area (Å²) in [6.07, 6.45) is 4.43. The van der Waals surface area contributed by atoms with Crippen LogP contribution in [0.5, 0.6) is 0 Å². The molecule has 21 heavy (non-hydrogen) atoms. The van der Waals surface area contributed by atoms with Crippen molar-refractivity contribution in [2.24, 2.45) is 11.3 Å². The predicted molar refractivity (Wildman–Crippen MR) is 80.0 cm³/mol. The van der Waals surface area contributed by atoms with Gasteiger partial charge in [-0.1, -0.05) is 27.7 Å². The van der Waals surface area contributed by atoms with Crippen molar-refractivity contribution in [2.45, 2.75) is 47.1 Å². The fourth-order valence-corrected chi connectivity index (χ4v) is 2.42. The minimum atomic E-state index is -1.05. The molecular weight excluding hydrogens is 270 g/mol. The molecule has 0 bridgehead atoms. The van der Waals surface area contributed by atoms with Crippen molar-refractivity contribution in [3.8, 4) is 0 Å². The first kappa shape index (κ1) is 17.2. The zero-order valence-corrected chi connectivity index (χ0v) is 13.2. The van der Waals surface area contributed by atoms with E-state index in [0.717, 1.165) is 6.42 Å². The largest absolute Gasteiger partial charge is 0.476 e. The number of aromatic carboxylic acids is 1. The van der Waals surface area contributed by atoms with Crippen molar-refractivity contribution in [1.82, 2.24) is 14.9 Å². The molecule has 1 aromatic rings. The molecule has 0 radical (unpaired) electrons. The molecule has 2 N–H and O–H groups in total. The highest BCUT2D eigenvalue weighted by molar-refractivity contribution is 5.84. The molecule has 0 aliphatic heterocycles. The van der Waals surface area contributed by atoms with Gasteiger partial charge in [0.25, 0.3) is 0 Å². The van der Waals surface area contributed by atoms with Gasteiger partial charge in [-0.05, 0) is 17.8 Å². The SMILES string of the molecule is CC(CC(=O)NCCn1cnc(C(=O)O)c1)CC(C)(C)C. The summed E-state index contributed by atoms with van der Waals surface area (Å²) in [5.74, 6) is -0.670. The molecule has 0 saturated carbocycles. The third kappa shape index (κ3) is 6.92. The Balaban J connectivity index is 2.28. The Morgan fingerprint density at radius 2 is 2.10 bits per heavy atom. The van der Waals surface area contributed by atoms with Gasteiger partial charge in [0.15, 0.2) is 5.69 Å². The van der Waals surface area contributed by atoms with Gasteiger partial charge in [0, 0.05) is 25.7 Å². The van der Waals surface area contributed by atoms with Crippen LogP contribution in [0, 0.1) is 11.3 Å². The number of carbonyl (C=O) groups is 2. The van der Waals surface area contributed by atoms with Crippen molar-refractivity contribution in [3.05, 3.63) is 18.2 Å². The number of amides is 1. The van der Waals surface area contributed by atoms with Crippen LogP contribution in [0.4, 0.5) is 0 Å². The maximum absolute atomic E-state index is 11.8. The lowest BCUT2D eigenvalue weighted by Gasteiger charge is -2.22. The molecule has 0 spiro atoms. The number of hydrogen-bond donors (Lipinski definition) is 2. The van der Waals surface area contributed by atoms with E-state index >= 15 is 0 Å². The van der Waals surface area contributed by atoms with Gasteiger partial charge >= 0.3 is 5.97 Å². The summed E-state index contributed by atoms with van der Waals surface area (Å²) in [5.41, 5.74) is 0.240. The van der Waals surface area contributed by atoms with E-state index in [0.29, 0.717) is 25.4 Å². The number of imidazole rings is 1. The van der Waals surface area contributed by atoms with Crippen LogP contribution in [0.15, 0.2) is 12.5 Å². The van der Waals surface area contributed by atoms with Crippen LogP contribution in [0.25, 0.3) is 0 Å². The Labute approximate surface area is 125 Å². The van der Waals surface area contributed by atoms with Crippen molar-refractivity contribution >= 4 is 11.9 Å². The van der Waals surface area contributed by atoms with E-state index in [1.807, 2.05) is 0 Å². The van der Waals surface area contributed by atoms with Crippen molar-refractivity contribution in [2.75, 3.05) is 6.54 Å². The second kappa shape index (κ2) is 7.24. The molecule has 1 amide bonds. The van der Waals surface area contributed by atoms with E-state index < -0.39 is 5.97 Å². The third-order valence-corrected chi connectivity index (χ3v) is 3.04. The normalized spacial score (nSPS) is 13.0. The fourth-order valence-electron chi connectivity index (χ4n) is 2.42. The maximum Gasteiger partial charge on any atom is 0.356 e. The van der Waals surface area contributed by atoms with Gasteiger partial charge in [0.1, 0.15) is 0 Å². The van der Waals surface area contributed by atoms with Crippen LogP contribution in [0.2, 0.25) is 0 Å². The molecule has 6 nitrogen and oxygen atoms in total. The van der Waals surface area contributed by atoms with Crippen LogP contribution in [0.1, 0.15) is 51.0 Å². The topological polar surface area (TPSA) is 84.2 Å². The molecule has 6 heteroatoms. The average Bonchev–Trinajstić information content (AvgIpc) is 2.74. The number of carboxylic acids is 1. The first-order valence-electron chi connectivity index (χ1n) is 7.19. The number of carboxylic acid groups (broad SMARTS) is 1. The van der Waals surface area contributed by atoms with Crippen molar-refractivity contribution in [1.29, 1.82) is 0 Å². The molecule has 0 aliphatic rings. The van der Waals surface area contributed by atoms with Gasteiger partial charge < -0.3 is 15.0 Å². The average molecular weight is 295 g/mol. The number of hydrogen-bond acceptors (Lipinski definition) is 3. The van der Waals surface area contributed by atoms with Crippen molar-refractivity contribution < 1.29 is 14.7 Å². The van der Waals surface area contributed by atoms with Crippen LogP contribution in [-0.2, 0) is 11.3 Å². The van der Waals surface area contributed by atoms with E-state index in [4.69, 9.17) is 5.11 Å². The summed E-state index contributed by atoms with van der Waals surface area (Å²) in [7, 11) is 0. The molecule has 118 valence electrons. The van der Waals surface area contributed by atoms with Gasteiger partial charge in [0.05, 0.1) is 6.33 Å². The van der Waals surface area contributed by atoms with Crippen molar-refractivity contribution in [3.63, 3.8) is 0 Å². The highest BCUT2D eigenvalue weighted by atomic mass is 16.4. The fraction of sp³-hybridized carbons (Fsp3) is 0.667. The lowest BCUT2D eigenvalue weighted by Crippen LogP contribution is -2.29. The minimum absolute atomic E-state index is 0.0140. The first-order chi connectivity index (χ1) is 9.67. The molecule has 0 saturated heterocycles. The zero-order valence-electron chi connectivity index (χ0n) is 13.2. The number of carbonyl (C=O) groups excluding carboxylic acids is 1. The molecule has 1 rings (SSSR count). The summed E-state index contributed by atoms with van der Waals surface area (Å²) in [4.78, 5) is 26.3.